The quantitative estimate of drug-likeness (QED) is 0.280. The SMILES string of the molecule is CCc1csc(/C(N)=N/OC(=O)CC(C)(C)C(=O)OC)n1. The summed E-state index contributed by atoms with van der Waals surface area (Å²) in [7, 11) is 1.26. The molecule has 0 aliphatic heterocycles. The molecule has 0 amide bonds. The van der Waals surface area contributed by atoms with Gasteiger partial charge >= 0.3 is 11.9 Å². The Balaban J connectivity index is 2.63. The number of hydrogen-bond acceptors (Lipinski definition) is 7. The maximum Gasteiger partial charge on any atom is 0.336 e. The molecule has 116 valence electrons. The van der Waals surface area contributed by atoms with Gasteiger partial charge in [0.25, 0.3) is 0 Å². The first kappa shape index (κ1) is 17.1. The van der Waals surface area contributed by atoms with Gasteiger partial charge in [-0.3, -0.25) is 4.79 Å². The summed E-state index contributed by atoms with van der Waals surface area (Å²) in [5, 5.41) is 5.91. The molecular weight excluding hydrogens is 294 g/mol. The fourth-order valence-electron chi connectivity index (χ4n) is 1.47. The zero-order valence-electron chi connectivity index (χ0n) is 12.5. The Hall–Kier alpha value is -1.96. The molecule has 0 unspecified atom stereocenters. The zero-order valence-corrected chi connectivity index (χ0v) is 13.3. The van der Waals surface area contributed by atoms with Crippen molar-refractivity contribution in [2.75, 3.05) is 7.11 Å². The predicted molar refractivity (Wildman–Crippen MR) is 78.7 cm³/mol. The van der Waals surface area contributed by atoms with Crippen LogP contribution in [0.5, 0.6) is 0 Å². The summed E-state index contributed by atoms with van der Waals surface area (Å²) in [6.45, 7) is 5.14. The molecule has 0 aliphatic carbocycles. The number of rotatable bonds is 6. The predicted octanol–water partition coefficient (Wildman–Crippen LogP) is 1.46. The highest BCUT2D eigenvalue weighted by Crippen LogP contribution is 2.22. The van der Waals surface area contributed by atoms with E-state index in [1.807, 2.05) is 12.3 Å². The number of nitrogens with zero attached hydrogens (tertiary/aromatic N) is 2. The van der Waals surface area contributed by atoms with E-state index in [0.717, 1.165) is 12.1 Å². The van der Waals surface area contributed by atoms with Crippen molar-refractivity contribution in [3.05, 3.63) is 16.1 Å². The minimum atomic E-state index is -0.979. The van der Waals surface area contributed by atoms with Crippen molar-refractivity contribution in [3.8, 4) is 0 Å². The van der Waals surface area contributed by atoms with E-state index in [1.54, 1.807) is 13.8 Å². The fraction of sp³-hybridized carbons (Fsp3) is 0.538. The number of esters is 1. The van der Waals surface area contributed by atoms with Gasteiger partial charge in [-0.2, -0.15) is 0 Å². The highest BCUT2D eigenvalue weighted by Gasteiger charge is 2.32. The Bertz CT molecular complexity index is 551. The largest absolute Gasteiger partial charge is 0.469 e. The van der Waals surface area contributed by atoms with Gasteiger partial charge in [-0.25, -0.2) is 9.78 Å². The van der Waals surface area contributed by atoms with Gasteiger partial charge in [0.05, 0.1) is 24.6 Å². The average Bonchev–Trinajstić information content (AvgIpc) is 2.92. The van der Waals surface area contributed by atoms with Gasteiger partial charge in [-0.15, -0.1) is 11.3 Å². The summed E-state index contributed by atoms with van der Waals surface area (Å²) in [5.41, 5.74) is 5.61. The standard InChI is InChI=1S/C13H19N3O4S/c1-5-8-7-21-11(15-8)10(14)16-20-9(17)6-13(2,3)12(18)19-4/h7H,5-6H2,1-4H3,(H2,14,16). The molecule has 2 N–H and O–H groups in total. The highest BCUT2D eigenvalue weighted by atomic mass is 32.1. The Morgan fingerprint density at radius 3 is 2.67 bits per heavy atom. The lowest BCUT2D eigenvalue weighted by Gasteiger charge is -2.18. The van der Waals surface area contributed by atoms with Gasteiger partial charge in [0, 0.05) is 5.38 Å². The maximum atomic E-state index is 11.7. The third-order valence-corrected chi connectivity index (χ3v) is 3.62. The second-order valence-electron chi connectivity index (χ2n) is 4.99. The monoisotopic (exact) mass is 313 g/mol. The molecule has 1 aromatic rings. The van der Waals surface area contributed by atoms with Gasteiger partial charge in [-0.1, -0.05) is 12.1 Å². The van der Waals surface area contributed by atoms with Gasteiger partial charge < -0.3 is 15.3 Å². The molecule has 0 spiro atoms. The fourth-order valence-corrected chi connectivity index (χ4v) is 2.26. The van der Waals surface area contributed by atoms with E-state index < -0.39 is 17.4 Å². The molecule has 1 rings (SSSR count). The first-order valence-electron chi connectivity index (χ1n) is 6.36. The number of oxime groups is 1. The van der Waals surface area contributed by atoms with Crippen LogP contribution in [0, 0.1) is 5.41 Å². The van der Waals surface area contributed by atoms with Crippen molar-refractivity contribution >= 4 is 29.1 Å². The van der Waals surface area contributed by atoms with E-state index in [4.69, 9.17) is 10.6 Å². The minimum absolute atomic E-state index is 0.0314. The summed E-state index contributed by atoms with van der Waals surface area (Å²) < 4.78 is 4.61. The van der Waals surface area contributed by atoms with Crippen LogP contribution in [0.3, 0.4) is 0 Å². The summed E-state index contributed by atoms with van der Waals surface area (Å²) in [5.74, 6) is -1.13. The molecular formula is C13H19N3O4S. The summed E-state index contributed by atoms with van der Waals surface area (Å²) in [4.78, 5) is 32.1. The number of aryl methyl sites for hydroxylation is 1. The molecule has 21 heavy (non-hydrogen) atoms. The van der Waals surface area contributed by atoms with Crippen LogP contribution < -0.4 is 5.73 Å². The molecule has 0 radical (unpaired) electrons. The first-order valence-corrected chi connectivity index (χ1v) is 7.24. The van der Waals surface area contributed by atoms with Crippen molar-refractivity contribution in [2.24, 2.45) is 16.3 Å². The first-order chi connectivity index (χ1) is 9.80. The molecule has 0 bridgehead atoms. The van der Waals surface area contributed by atoms with Gasteiger partial charge in [0.1, 0.15) is 0 Å². The molecule has 1 heterocycles. The molecule has 0 saturated carbocycles. The Kier molecular flexibility index (Phi) is 5.83. The number of amidine groups is 1. The number of ether oxygens (including phenoxy) is 1. The van der Waals surface area contributed by atoms with Crippen LogP contribution in [0.15, 0.2) is 10.5 Å². The van der Waals surface area contributed by atoms with Crippen molar-refractivity contribution in [1.82, 2.24) is 4.98 Å². The Morgan fingerprint density at radius 1 is 1.48 bits per heavy atom. The lowest BCUT2D eigenvalue weighted by atomic mass is 9.90. The highest BCUT2D eigenvalue weighted by molar-refractivity contribution is 7.11. The molecule has 7 nitrogen and oxygen atoms in total. The van der Waals surface area contributed by atoms with Gasteiger partial charge in [-0.05, 0) is 20.3 Å². The third kappa shape index (κ3) is 4.82. The summed E-state index contributed by atoms with van der Waals surface area (Å²) in [6, 6.07) is 0. The summed E-state index contributed by atoms with van der Waals surface area (Å²) >= 11 is 1.32. The van der Waals surface area contributed by atoms with Crippen LogP contribution in [0.2, 0.25) is 0 Å². The molecule has 8 heteroatoms. The molecule has 1 aromatic heterocycles. The lowest BCUT2D eigenvalue weighted by molar-refractivity contribution is -0.158. The number of thiazole rings is 1. The minimum Gasteiger partial charge on any atom is -0.469 e. The molecule has 0 aromatic carbocycles. The number of methoxy groups -OCH3 is 1. The maximum absolute atomic E-state index is 11.7. The number of aromatic nitrogens is 1. The number of carbonyl (C=O) groups excluding carboxylic acids is 2. The van der Waals surface area contributed by atoms with E-state index in [2.05, 4.69) is 14.9 Å². The van der Waals surface area contributed by atoms with E-state index in [0.29, 0.717) is 5.01 Å². The van der Waals surface area contributed by atoms with Crippen molar-refractivity contribution < 1.29 is 19.2 Å². The van der Waals surface area contributed by atoms with Crippen LogP contribution in [0.4, 0.5) is 0 Å². The van der Waals surface area contributed by atoms with Crippen molar-refractivity contribution in [1.29, 1.82) is 0 Å². The van der Waals surface area contributed by atoms with Gasteiger partial charge in [0.15, 0.2) is 10.8 Å². The topological polar surface area (TPSA) is 104 Å². The lowest BCUT2D eigenvalue weighted by Crippen LogP contribution is -2.29. The normalized spacial score (nSPS) is 12.1. The van der Waals surface area contributed by atoms with E-state index in [-0.39, 0.29) is 12.3 Å². The second kappa shape index (κ2) is 7.16. The van der Waals surface area contributed by atoms with Crippen LogP contribution in [0.1, 0.15) is 37.9 Å². The number of hydrogen-bond donors (Lipinski definition) is 1. The van der Waals surface area contributed by atoms with Crippen LogP contribution in [0.25, 0.3) is 0 Å². The Labute approximate surface area is 127 Å². The van der Waals surface area contributed by atoms with Gasteiger partial charge in [0.2, 0.25) is 0 Å². The van der Waals surface area contributed by atoms with Crippen LogP contribution in [-0.4, -0.2) is 29.9 Å². The third-order valence-electron chi connectivity index (χ3n) is 2.70. The second-order valence-corrected chi connectivity index (χ2v) is 5.85. The summed E-state index contributed by atoms with van der Waals surface area (Å²) in [6.07, 6.45) is 0.630. The molecule has 0 atom stereocenters. The zero-order chi connectivity index (χ0) is 16.0. The van der Waals surface area contributed by atoms with Crippen LogP contribution >= 0.6 is 11.3 Å². The van der Waals surface area contributed by atoms with Crippen molar-refractivity contribution in [3.63, 3.8) is 0 Å². The van der Waals surface area contributed by atoms with E-state index >= 15 is 0 Å². The number of nitrogens with two attached hydrogens (primary N) is 1. The van der Waals surface area contributed by atoms with E-state index in [9.17, 15) is 9.59 Å². The van der Waals surface area contributed by atoms with Crippen LogP contribution in [-0.2, 0) is 25.6 Å². The average molecular weight is 313 g/mol. The van der Waals surface area contributed by atoms with E-state index in [1.165, 1.54) is 18.4 Å². The Morgan fingerprint density at radius 2 is 2.14 bits per heavy atom. The molecule has 0 aliphatic rings. The van der Waals surface area contributed by atoms with Crippen molar-refractivity contribution in [2.45, 2.75) is 33.6 Å². The number of carbonyl (C=O) groups is 2. The molecule has 0 fully saturated rings. The molecule has 0 saturated heterocycles. The smallest absolute Gasteiger partial charge is 0.336 e.